The van der Waals surface area contributed by atoms with Crippen LogP contribution >= 0.6 is 22.9 Å². The fourth-order valence-corrected chi connectivity index (χ4v) is 2.82. The highest BCUT2D eigenvalue weighted by Crippen LogP contribution is 2.33. The van der Waals surface area contributed by atoms with E-state index in [0.717, 1.165) is 16.0 Å². The predicted octanol–water partition coefficient (Wildman–Crippen LogP) is 3.46. The summed E-state index contributed by atoms with van der Waals surface area (Å²) in [5.41, 5.74) is 6.52. The summed E-state index contributed by atoms with van der Waals surface area (Å²) in [5.74, 6) is 1.49. The van der Waals surface area contributed by atoms with Crippen molar-refractivity contribution >= 4 is 49.9 Å². The van der Waals surface area contributed by atoms with Gasteiger partial charge >= 0.3 is 0 Å². The standard InChI is InChI=1S/C13H12ClN5OS/c1-2-20-7-3-4-8-9(5-7)21-13(18-8)19-12-10(14)11(15)16-6-17-12/h3-6H,2H2,1H3,(H3,15,16,17,18,19). The summed E-state index contributed by atoms with van der Waals surface area (Å²) in [6.45, 7) is 2.58. The zero-order valence-electron chi connectivity index (χ0n) is 11.1. The number of hydrogen-bond donors (Lipinski definition) is 2. The quantitative estimate of drug-likeness (QED) is 0.765. The second kappa shape index (κ2) is 5.71. The summed E-state index contributed by atoms with van der Waals surface area (Å²) in [6, 6.07) is 5.76. The summed E-state index contributed by atoms with van der Waals surface area (Å²) < 4.78 is 6.49. The number of ether oxygens (including phenoxy) is 1. The van der Waals surface area contributed by atoms with E-state index >= 15 is 0 Å². The lowest BCUT2D eigenvalue weighted by molar-refractivity contribution is 0.341. The Hall–Kier alpha value is -2.12. The zero-order valence-corrected chi connectivity index (χ0v) is 12.7. The molecule has 0 saturated carbocycles. The van der Waals surface area contributed by atoms with Crippen molar-refractivity contribution in [1.82, 2.24) is 15.0 Å². The topological polar surface area (TPSA) is 86.0 Å². The Morgan fingerprint density at radius 1 is 1.38 bits per heavy atom. The van der Waals surface area contributed by atoms with Gasteiger partial charge in [0.2, 0.25) is 0 Å². The van der Waals surface area contributed by atoms with E-state index < -0.39 is 0 Å². The first-order valence-electron chi connectivity index (χ1n) is 6.23. The molecule has 8 heteroatoms. The number of aromatic nitrogens is 3. The van der Waals surface area contributed by atoms with Crippen LogP contribution in [0.2, 0.25) is 5.02 Å². The van der Waals surface area contributed by atoms with Crippen molar-refractivity contribution < 1.29 is 4.74 Å². The predicted molar refractivity (Wildman–Crippen MR) is 85.5 cm³/mol. The van der Waals surface area contributed by atoms with E-state index in [4.69, 9.17) is 22.1 Å². The van der Waals surface area contributed by atoms with Crippen LogP contribution in [0.15, 0.2) is 24.5 Å². The van der Waals surface area contributed by atoms with Gasteiger partial charge in [0.05, 0.1) is 16.8 Å². The average Bonchev–Trinajstić information content (AvgIpc) is 2.86. The lowest BCUT2D eigenvalue weighted by Crippen LogP contribution is -1.99. The molecule has 0 atom stereocenters. The van der Waals surface area contributed by atoms with Crippen molar-refractivity contribution in [3.8, 4) is 5.75 Å². The molecule has 0 radical (unpaired) electrons. The van der Waals surface area contributed by atoms with E-state index in [0.29, 0.717) is 17.6 Å². The fraction of sp³-hybridized carbons (Fsp3) is 0.154. The van der Waals surface area contributed by atoms with Gasteiger partial charge in [0.15, 0.2) is 10.9 Å². The molecule has 0 saturated heterocycles. The highest BCUT2D eigenvalue weighted by molar-refractivity contribution is 7.22. The van der Waals surface area contributed by atoms with Gasteiger partial charge < -0.3 is 15.8 Å². The van der Waals surface area contributed by atoms with Crippen molar-refractivity contribution in [2.24, 2.45) is 0 Å². The van der Waals surface area contributed by atoms with E-state index in [2.05, 4.69) is 20.3 Å². The largest absolute Gasteiger partial charge is 0.494 e. The molecule has 0 fully saturated rings. The third-order valence-corrected chi connectivity index (χ3v) is 4.02. The highest BCUT2D eigenvalue weighted by atomic mass is 35.5. The van der Waals surface area contributed by atoms with Gasteiger partial charge in [-0.15, -0.1) is 0 Å². The number of nitrogens with two attached hydrogens (primary N) is 1. The van der Waals surface area contributed by atoms with Gasteiger partial charge in [-0.25, -0.2) is 15.0 Å². The molecule has 0 unspecified atom stereocenters. The molecule has 3 N–H and O–H groups in total. The average molecular weight is 322 g/mol. The van der Waals surface area contributed by atoms with Crippen molar-refractivity contribution in [2.75, 3.05) is 17.7 Å². The molecule has 21 heavy (non-hydrogen) atoms. The van der Waals surface area contributed by atoms with Crippen molar-refractivity contribution in [2.45, 2.75) is 6.92 Å². The van der Waals surface area contributed by atoms with Crippen LogP contribution in [-0.4, -0.2) is 21.6 Å². The number of thiazole rings is 1. The van der Waals surface area contributed by atoms with Crippen LogP contribution in [0, 0.1) is 0 Å². The zero-order chi connectivity index (χ0) is 14.8. The Morgan fingerprint density at radius 2 is 2.24 bits per heavy atom. The molecule has 108 valence electrons. The summed E-state index contributed by atoms with van der Waals surface area (Å²) >= 11 is 7.54. The van der Waals surface area contributed by atoms with Crippen LogP contribution in [-0.2, 0) is 0 Å². The van der Waals surface area contributed by atoms with Crippen LogP contribution in [0.25, 0.3) is 10.2 Å². The third kappa shape index (κ3) is 2.84. The maximum atomic E-state index is 6.05. The molecule has 1 aromatic carbocycles. The molecule has 0 aliphatic carbocycles. The molecule has 6 nitrogen and oxygen atoms in total. The van der Waals surface area contributed by atoms with Gasteiger partial charge in [0.25, 0.3) is 0 Å². The Kier molecular flexibility index (Phi) is 3.76. The van der Waals surface area contributed by atoms with E-state index in [-0.39, 0.29) is 10.8 Å². The van der Waals surface area contributed by atoms with E-state index in [1.807, 2.05) is 25.1 Å². The minimum absolute atomic E-state index is 0.230. The lowest BCUT2D eigenvalue weighted by Gasteiger charge is -2.04. The van der Waals surface area contributed by atoms with Gasteiger partial charge in [-0.3, -0.25) is 0 Å². The van der Waals surface area contributed by atoms with Gasteiger partial charge in [-0.2, -0.15) is 0 Å². The first-order chi connectivity index (χ1) is 10.2. The first-order valence-corrected chi connectivity index (χ1v) is 7.43. The number of anilines is 3. The number of nitrogens with zero attached hydrogens (tertiary/aromatic N) is 3. The summed E-state index contributed by atoms with van der Waals surface area (Å²) in [7, 11) is 0. The van der Waals surface area contributed by atoms with Gasteiger partial charge in [-0.1, -0.05) is 22.9 Å². The van der Waals surface area contributed by atoms with Crippen LogP contribution in [0.1, 0.15) is 6.92 Å². The molecule has 0 aliphatic rings. The van der Waals surface area contributed by atoms with Crippen molar-refractivity contribution in [3.63, 3.8) is 0 Å². The molecule has 3 rings (SSSR count). The molecule has 0 spiro atoms. The smallest absolute Gasteiger partial charge is 0.189 e. The SMILES string of the molecule is CCOc1ccc2nc(Nc3ncnc(N)c3Cl)sc2c1. The second-order valence-electron chi connectivity index (χ2n) is 4.13. The van der Waals surface area contributed by atoms with Gasteiger partial charge in [-0.05, 0) is 25.1 Å². The third-order valence-electron chi connectivity index (χ3n) is 2.71. The number of halogens is 1. The lowest BCUT2D eigenvalue weighted by atomic mass is 10.3. The number of rotatable bonds is 4. The minimum Gasteiger partial charge on any atom is -0.494 e. The van der Waals surface area contributed by atoms with Crippen molar-refractivity contribution in [3.05, 3.63) is 29.5 Å². The maximum absolute atomic E-state index is 6.05. The summed E-state index contributed by atoms with van der Waals surface area (Å²) in [5, 5.41) is 4.02. The number of benzene rings is 1. The number of fused-ring (bicyclic) bond motifs is 1. The fourth-order valence-electron chi connectivity index (χ4n) is 1.79. The van der Waals surface area contributed by atoms with Crippen LogP contribution in [0.3, 0.4) is 0 Å². The van der Waals surface area contributed by atoms with Gasteiger partial charge in [0.1, 0.15) is 22.9 Å². The molecule has 0 bridgehead atoms. The van der Waals surface area contributed by atoms with Crippen molar-refractivity contribution in [1.29, 1.82) is 0 Å². The van der Waals surface area contributed by atoms with Crippen LogP contribution in [0.5, 0.6) is 5.75 Å². The Balaban J connectivity index is 1.92. The van der Waals surface area contributed by atoms with E-state index in [1.165, 1.54) is 17.7 Å². The molecule has 0 amide bonds. The van der Waals surface area contributed by atoms with Crippen LogP contribution < -0.4 is 15.8 Å². The normalized spacial score (nSPS) is 10.8. The van der Waals surface area contributed by atoms with E-state index in [9.17, 15) is 0 Å². The number of nitrogens with one attached hydrogen (secondary N) is 1. The molecular formula is C13H12ClN5OS. The molecule has 2 aromatic heterocycles. The first kappa shape index (κ1) is 13.8. The highest BCUT2D eigenvalue weighted by Gasteiger charge is 2.10. The van der Waals surface area contributed by atoms with E-state index in [1.54, 1.807) is 0 Å². The Labute approximate surface area is 130 Å². The Morgan fingerprint density at radius 3 is 3.05 bits per heavy atom. The molecule has 3 aromatic rings. The number of nitrogen functional groups attached to an aromatic ring is 1. The molecule has 2 heterocycles. The maximum Gasteiger partial charge on any atom is 0.189 e. The minimum atomic E-state index is 0.230. The second-order valence-corrected chi connectivity index (χ2v) is 5.54. The molecule has 0 aliphatic heterocycles. The Bertz CT molecular complexity index is 791. The molecular weight excluding hydrogens is 310 g/mol. The number of hydrogen-bond acceptors (Lipinski definition) is 7. The summed E-state index contributed by atoms with van der Waals surface area (Å²) in [4.78, 5) is 12.3. The monoisotopic (exact) mass is 321 g/mol. The summed E-state index contributed by atoms with van der Waals surface area (Å²) in [6.07, 6.45) is 1.35. The van der Waals surface area contributed by atoms with Gasteiger partial charge in [0, 0.05) is 0 Å². The van der Waals surface area contributed by atoms with Crippen LogP contribution in [0.4, 0.5) is 16.8 Å².